The summed E-state index contributed by atoms with van der Waals surface area (Å²) in [5.74, 6) is 3.99. The van der Waals surface area contributed by atoms with Gasteiger partial charge in [-0.25, -0.2) is 8.78 Å². The van der Waals surface area contributed by atoms with Gasteiger partial charge in [0.15, 0.2) is 0 Å². The maximum Gasteiger partial charge on any atom is 0.251 e. The first kappa shape index (κ1) is 18.1. The molecular weight excluding hydrogens is 336 g/mol. The number of hydrogen-bond donors (Lipinski definition) is 1. The standard InChI is InChI=1S/C21H19F2NO2/c1-21(10-11-26-14-21)13-24-20(25)17-6-3-15(4-7-17)2-5-16-8-9-18(22)12-19(16)23/h3-4,6-9,12H,10-11,13-14H2,1H3,(H,24,25). The van der Waals surface area contributed by atoms with Crippen molar-refractivity contribution in [2.24, 2.45) is 5.41 Å². The Morgan fingerprint density at radius 2 is 1.96 bits per heavy atom. The third-order valence-electron chi connectivity index (χ3n) is 4.40. The Morgan fingerprint density at radius 1 is 1.19 bits per heavy atom. The fraction of sp³-hybridized carbons (Fsp3) is 0.286. The van der Waals surface area contributed by atoms with Gasteiger partial charge in [0.25, 0.3) is 5.91 Å². The van der Waals surface area contributed by atoms with Crippen molar-refractivity contribution in [3.63, 3.8) is 0 Å². The molecule has 3 nitrogen and oxygen atoms in total. The lowest BCUT2D eigenvalue weighted by Crippen LogP contribution is -2.36. The van der Waals surface area contributed by atoms with E-state index in [4.69, 9.17) is 4.74 Å². The van der Waals surface area contributed by atoms with Gasteiger partial charge in [0.2, 0.25) is 0 Å². The summed E-state index contributed by atoms with van der Waals surface area (Å²) >= 11 is 0. The van der Waals surface area contributed by atoms with E-state index in [1.54, 1.807) is 24.3 Å². The molecule has 1 unspecified atom stereocenters. The Hall–Kier alpha value is -2.71. The molecule has 0 spiro atoms. The van der Waals surface area contributed by atoms with Crippen LogP contribution in [-0.2, 0) is 4.74 Å². The summed E-state index contributed by atoms with van der Waals surface area (Å²) < 4.78 is 31.8. The van der Waals surface area contributed by atoms with Crippen LogP contribution in [-0.4, -0.2) is 25.7 Å². The van der Waals surface area contributed by atoms with Crippen molar-refractivity contribution in [1.82, 2.24) is 5.32 Å². The summed E-state index contributed by atoms with van der Waals surface area (Å²) in [5.41, 5.74) is 1.29. The molecule has 2 aromatic carbocycles. The van der Waals surface area contributed by atoms with Crippen LogP contribution in [0.25, 0.3) is 0 Å². The molecule has 1 fully saturated rings. The molecule has 1 saturated heterocycles. The number of carbonyl (C=O) groups is 1. The lowest BCUT2D eigenvalue weighted by molar-refractivity contribution is 0.0925. The fourth-order valence-corrected chi connectivity index (χ4v) is 2.68. The zero-order valence-corrected chi connectivity index (χ0v) is 14.4. The summed E-state index contributed by atoms with van der Waals surface area (Å²) in [5, 5.41) is 2.93. The van der Waals surface area contributed by atoms with Crippen LogP contribution >= 0.6 is 0 Å². The van der Waals surface area contributed by atoms with Crippen molar-refractivity contribution in [2.75, 3.05) is 19.8 Å². The largest absolute Gasteiger partial charge is 0.381 e. The van der Waals surface area contributed by atoms with Crippen LogP contribution < -0.4 is 5.32 Å². The molecule has 1 aliphatic heterocycles. The highest BCUT2D eigenvalue weighted by Gasteiger charge is 2.30. The average Bonchev–Trinajstić information content (AvgIpc) is 3.06. The van der Waals surface area contributed by atoms with E-state index in [-0.39, 0.29) is 16.9 Å². The van der Waals surface area contributed by atoms with E-state index in [1.165, 1.54) is 6.07 Å². The van der Waals surface area contributed by atoms with E-state index in [2.05, 4.69) is 24.1 Å². The van der Waals surface area contributed by atoms with Crippen molar-refractivity contribution in [1.29, 1.82) is 0 Å². The second-order valence-electron chi connectivity index (χ2n) is 6.75. The average molecular weight is 355 g/mol. The lowest BCUT2D eigenvalue weighted by atomic mass is 9.90. The summed E-state index contributed by atoms with van der Waals surface area (Å²) in [4.78, 5) is 12.2. The molecular formula is C21H19F2NO2. The number of amides is 1. The molecule has 26 heavy (non-hydrogen) atoms. The molecule has 134 valence electrons. The minimum absolute atomic E-state index is 0.0136. The second-order valence-corrected chi connectivity index (χ2v) is 6.75. The Kier molecular flexibility index (Phi) is 5.34. The number of rotatable bonds is 3. The minimum Gasteiger partial charge on any atom is -0.381 e. The van der Waals surface area contributed by atoms with Gasteiger partial charge in [-0.3, -0.25) is 4.79 Å². The van der Waals surface area contributed by atoms with Gasteiger partial charge in [-0.15, -0.1) is 0 Å². The highest BCUT2D eigenvalue weighted by atomic mass is 19.1. The number of hydrogen-bond acceptors (Lipinski definition) is 2. The van der Waals surface area contributed by atoms with E-state index in [0.29, 0.717) is 24.3 Å². The number of benzene rings is 2. The third-order valence-corrected chi connectivity index (χ3v) is 4.40. The molecule has 2 aromatic rings. The molecule has 0 aromatic heterocycles. The van der Waals surface area contributed by atoms with Crippen LogP contribution in [0, 0.1) is 28.9 Å². The van der Waals surface area contributed by atoms with Gasteiger partial charge >= 0.3 is 0 Å². The number of ether oxygens (including phenoxy) is 1. The summed E-state index contributed by atoms with van der Waals surface area (Å²) in [6, 6.07) is 10.0. The predicted molar refractivity (Wildman–Crippen MR) is 94.7 cm³/mol. The smallest absolute Gasteiger partial charge is 0.251 e. The van der Waals surface area contributed by atoms with Gasteiger partial charge in [-0.05, 0) is 42.8 Å². The SMILES string of the molecule is CC1(CNC(=O)c2ccc(C#Cc3ccc(F)cc3F)cc2)CCOC1. The summed E-state index contributed by atoms with van der Waals surface area (Å²) in [7, 11) is 0. The number of halogens is 2. The Balaban J connectivity index is 1.63. The Bertz CT molecular complexity index is 860. The van der Waals surface area contributed by atoms with Crippen LogP contribution in [0.4, 0.5) is 8.78 Å². The Labute approximate surface area is 151 Å². The second kappa shape index (κ2) is 7.67. The van der Waals surface area contributed by atoms with E-state index in [9.17, 15) is 13.6 Å². The molecule has 3 rings (SSSR count). The van der Waals surface area contributed by atoms with E-state index in [1.807, 2.05) is 0 Å². The van der Waals surface area contributed by atoms with E-state index < -0.39 is 11.6 Å². The molecule has 1 atom stereocenters. The van der Waals surface area contributed by atoms with Crippen LogP contribution in [0.1, 0.15) is 34.8 Å². The topological polar surface area (TPSA) is 38.3 Å². The van der Waals surface area contributed by atoms with Crippen LogP contribution in [0.15, 0.2) is 42.5 Å². The van der Waals surface area contributed by atoms with Crippen molar-refractivity contribution >= 4 is 5.91 Å². The van der Waals surface area contributed by atoms with Crippen molar-refractivity contribution in [3.05, 3.63) is 70.8 Å². The monoisotopic (exact) mass is 355 g/mol. The van der Waals surface area contributed by atoms with E-state index in [0.717, 1.165) is 25.2 Å². The van der Waals surface area contributed by atoms with Gasteiger partial charge < -0.3 is 10.1 Å². The molecule has 1 aliphatic rings. The van der Waals surface area contributed by atoms with Crippen LogP contribution in [0.5, 0.6) is 0 Å². The summed E-state index contributed by atoms with van der Waals surface area (Å²) in [6.45, 7) is 4.04. The molecule has 1 amide bonds. The van der Waals surface area contributed by atoms with Gasteiger partial charge in [-0.1, -0.05) is 18.8 Å². The van der Waals surface area contributed by atoms with Gasteiger partial charge in [0, 0.05) is 35.8 Å². The summed E-state index contributed by atoms with van der Waals surface area (Å²) in [6.07, 6.45) is 0.932. The molecule has 1 heterocycles. The number of carbonyl (C=O) groups excluding carboxylic acids is 1. The number of nitrogens with one attached hydrogen (secondary N) is 1. The van der Waals surface area contributed by atoms with Gasteiger partial charge in [0.1, 0.15) is 11.6 Å². The maximum atomic E-state index is 13.6. The van der Waals surface area contributed by atoms with Crippen molar-refractivity contribution in [3.8, 4) is 11.8 Å². The normalized spacial score (nSPS) is 18.9. The molecule has 0 aliphatic carbocycles. The first-order chi connectivity index (χ1) is 12.5. The van der Waals surface area contributed by atoms with Crippen molar-refractivity contribution < 1.29 is 18.3 Å². The molecule has 0 saturated carbocycles. The third kappa shape index (κ3) is 4.47. The quantitative estimate of drug-likeness (QED) is 0.856. The zero-order valence-electron chi connectivity index (χ0n) is 14.4. The molecule has 0 bridgehead atoms. The Morgan fingerprint density at radius 3 is 2.62 bits per heavy atom. The maximum absolute atomic E-state index is 13.6. The van der Waals surface area contributed by atoms with Crippen molar-refractivity contribution in [2.45, 2.75) is 13.3 Å². The predicted octanol–water partition coefficient (Wildman–Crippen LogP) is 3.52. The highest BCUT2D eigenvalue weighted by molar-refractivity contribution is 5.94. The lowest BCUT2D eigenvalue weighted by Gasteiger charge is -2.21. The highest BCUT2D eigenvalue weighted by Crippen LogP contribution is 2.26. The first-order valence-electron chi connectivity index (χ1n) is 8.38. The molecule has 1 N–H and O–H groups in total. The molecule has 0 radical (unpaired) electrons. The van der Waals surface area contributed by atoms with Crippen LogP contribution in [0.3, 0.4) is 0 Å². The fourth-order valence-electron chi connectivity index (χ4n) is 2.68. The van der Waals surface area contributed by atoms with Gasteiger partial charge in [0.05, 0.1) is 12.2 Å². The van der Waals surface area contributed by atoms with E-state index >= 15 is 0 Å². The van der Waals surface area contributed by atoms with Crippen LogP contribution in [0.2, 0.25) is 0 Å². The first-order valence-corrected chi connectivity index (χ1v) is 8.38. The van der Waals surface area contributed by atoms with Gasteiger partial charge in [-0.2, -0.15) is 0 Å². The molecule has 5 heteroatoms. The zero-order chi connectivity index (χ0) is 18.6. The minimum atomic E-state index is -0.696.